The fraction of sp³-hybridized carbons (Fsp3) is 0.320. The van der Waals surface area contributed by atoms with Gasteiger partial charge in [-0.2, -0.15) is 0 Å². The summed E-state index contributed by atoms with van der Waals surface area (Å²) in [6.45, 7) is 5.39. The number of oxazole rings is 1. The van der Waals surface area contributed by atoms with Crippen LogP contribution in [0.2, 0.25) is 0 Å². The van der Waals surface area contributed by atoms with Crippen LogP contribution in [0.15, 0.2) is 71.3 Å². The third-order valence-electron chi connectivity index (χ3n) is 5.15. The topological polar surface area (TPSA) is 90.7 Å². The van der Waals surface area contributed by atoms with E-state index >= 15 is 0 Å². The van der Waals surface area contributed by atoms with Gasteiger partial charge in [-0.3, -0.25) is 0 Å². The highest BCUT2D eigenvalue weighted by Crippen LogP contribution is 2.52. The lowest BCUT2D eigenvalue weighted by Crippen LogP contribution is -2.47. The molecule has 1 aromatic heterocycles. The Hall–Kier alpha value is -3.61. The highest BCUT2D eigenvalue weighted by molar-refractivity contribution is 5.91. The number of alkyl carbamates (subject to hydrolysis) is 1. The van der Waals surface area contributed by atoms with Crippen LogP contribution >= 0.6 is 0 Å². The predicted molar refractivity (Wildman–Crippen MR) is 118 cm³/mol. The van der Waals surface area contributed by atoms with Gasteiger partial charge >= 0.3 is 12.1 Å². The summed E-state index contributed by atoms with van der Waals surface area (Å²) in [5.74, 6) is -0.621. The average Bonchev–Trinajstić information content (AvgIpc) is 3.27. The second-order valence-electron chi connectivity index (χ2n) is 8.85. The zero-order chi connectivity index (χ0) is 22.8. The summed E-state index contributed by atoms with van der Waals surface area (Å²) in [6.07, 6.45) is 1.18. The Balaban J connectivity index is 1.53. The Labute approximate surface area is 186 Å². The summed E-state index contributed by atoms with van der Waals surface area (Å²) in [5.41, 5.74) is 0.438. The van der Waals surface area contributed by atoms with E-state index in [-0.39, 0.29) is 6.61 Å². The van der Waals surface area contributed by atoms with E-state index < -0.39 is 29.1 Å². The van der Waals surface area contributed by atoms with Crippen molar-refractivity contribution in [3.05, 3.63) is 78.4 Å². The first-order valence-electron chi connectivity index (χ1n) is 10.5. The molecular formula is C25H26N2O5. The van der Waals surface area contributed by atoms with Crippen LogP contribution in [0.1, 0.15) is 44.6 Å². The molecule has 1 heterocycles. The number of aromatic nitrogens is 1. The first kappa shape index (κ1) is 21.6. The van der Waals surface area contributed by atoms with Gasteiger partial charge in [0.2, 0.25) is 5.89 Å². The predicted octanol–water partition coefficient (Wildman–Crippen LogP) is 4.84. The molecule has 1 amide bonds. The van der Waals surface area contributed by atoms with E-state index in [1.165, 1.54) is 0 Å². The van der Waals surface area contributed by atoms with Crippen LogP contribution < -0.4 is 5.32 Å². The first-order valence-corrected chi connectivity index (χ1v) is 10.5. The molecule has 1 aliphatic carbocycles. The Bertz CT molecular complexity index is 1090. The fourth-order valence-corrected chi connectivity index (χ4v) is 3.50. The summed E-state index contributed by atoms with van der Waals surface area (Å²) in [5, 5.41) is 2.72. The molecule has 7 nitrogen and oxygen atoms in total. The molecule has 4 rings (SSSR count). The van der Waals surface area contributed by atoms with Gasteiger partial charge in [0.05, 0.1) is 5.92 Å². The average molecular weight is 434 g/mol. The number of nitrogens with zero attached hydrogens (tertiary/aromatic N) is 1. The molecule has 0 aliphatic heterocycles. The molecule has 1 saturated carbocycles. The molecular weight excluding hydrogens is 408 g/mol. The number of benzene rings is 2. The third-order valence-corrected chi connectivity index (χ3v) is 5.15. The maximum atomic E-state index is 13.1. The molecule has 7 heteroatoms. The summed E-state index contributed by atoms with van der Waals surface area (Å²) in [6, 6.07) is 19.0. The number of carbonyl (C=O) groups excluding carboxylic acids is 2. The van der Waals surface area contributed by atoms with E-state index in [0.717, 1.165) is 11.1 Å². The zero-order valence-electron chi connectivity index (χ0n) is 18.3. The minimum atomic E-state index is -1.28. The molecule has 0 saturated heterocycles. The van der Waals surface area contributed by atoms with Gasteiger partial charge in [0.25, 0.3) is 0 Å². The highest BCUT2D eigenvalue weighted by Gasteiger charge is 2.66. The van der Waals surface area contributed by atoms with Crippen LogP contribution in [0.25, 0.3) is 11.3 Å². The van der Waals surface area contributed by atoms with Crippen LogP contribution in [0.5, 0.6) is 0 Å². The quantitative estimate of drug-likeness (QED) is 0.559. The molecule has 1 aliphatic rings. The van der Waals surface area contributed by atoms with Crippen molar-refractivity contribution in [2.45, 2.75) is 50.9 Å². The number of nitrogens with one attached hydrogen (secondary N) is 1. The maximum absolute atomic E-state index is 13.1. The minimum absolute atomic E-state index is 0.102. The normalized spacial score (nSPS) is 19.8. The van der Waals surface area contributed by atoms with Gasteiger partial charge in [-0.15, -0.1) is 0 Å². The molecule has 166 valence electrons. The van der Waals surface area contributed by atoms with E-state index in [1.54, 1.807) is 27.0 Å². The smallest absolute Gasteiger partial charge is 0.408 e. The lowest BCUT2D eigenvalue weighted by molar-refractivity contribution is -0.149. The lowest BCUT2D eigenvalue weighted by Gasteiger charge is -2.23. The van der Waals surface area contributed by atoms with Crippen LogP contribution in [0.4, 0.5) is 4.79 Å². The minimum Gasteiger partial charge on any atom is -0.459 e. The van der Waals surface area contributed by atoms with E-state index in [2.05, 4.69) is 10.3 Å². The standard InChI is InChI=1S/C25H26N2O5/c1-24(2,3)32-23(29)27-25(22(28)31-15-17-10-6-4-7-11-17)14-19(25)21-26-20(16-30-21)18-12-8-5-9-13-18/h4-13,16,19H,14-15H2,1-3H3,(H,27,29). The van der Waals surface area contributed by atoms with E-state index in [4.69, 9.17) is 13.9 Å². The Morgan fingerprint density at radius 1 is 1.09 bits per heavy atom. The van der Waals surface area contributed by atoms with Crippen molar-refractivity contribution in [2.24, 2.45) is 0 Å². The number of hydrogen-bond donors (Lipinski definition) is 1. The Morgan fingerprint density at radius 2 is 1.75 bits per heavy atom. The number of hydrogen-bond acceptors (Lipinski definition) is 6. The highest BCUT2D eigenvalue weighted by atomic mass is 16.6. The fourth-order valence-electron chi connectivity index (χ4n) is 3.50. The van der Waals surface area contributed by atoms with Crippen molar-refractivity contribution in [3.63, 3.8) is 0 Å². The number of amides is 1. The van der Waals surface area contributed by atoms with Crippen molar-refractivity contribution in [1.82, 2.24) is 10.3 Å². The van der Waals surface area contributed by atoms with Crippen LogP contribution in [0.3, 0.4) is 0 Å². The zero-order valence-corrected chi connectivity index (χ0v) is 18.3. The lowest BCUT2D eigenvalue weighted by atomic mass is 10.2. The van der Waals surface area contributed by atoms with Crippen molar-refractivity contribution < 1.29 is 23.5 Å². The third kappa shape index (κ3) is 4.82. The van der Waals surface area contributed by atoms with Gasteiger partial charge < -0.3 is 19.2 Å². The van der Waals surface area contributed by atoms with Crippen molar-refractivity contribution in [3.8, 4) is 11.3 Å². The molecule has 3 aromatic rings. The monoisotopic (exact) mass is 434 g/mol. The molecule has 0 radical (unpaired) electrons. The maximum Gasteiger partial charge on any atom is 0.408 e. The molecule has 0 bridgehead atoms. The number of esters is 1. The van der Waals surface area contributed by atoms with E-state index in [1.807, 2.05) is 60.7 Å². The van der Waals surface area contributed by atoms with E-state index in [9.17, 15) is 9.59 Å². The van der Waals surface area contributed by atoms with Gasteiger partial charge in [-0.25, -0.2) is 14.6 Å². The van der Waals surface area contributed by atoms with Gasteiger partial charge in [0.15, 0.2) is 5.54 Å². The van der Waals surface area contributed by atoms with Crippen LogP contribution in [0, 0.1) is 0 Å². The molecule has 1 N–H and O–H groups in total. The largest absolute Gasteiger partial charge is 0.459 e. The van der Waals surface area contributed by atoms with Gasteiger partial charge in [0.1, 0.15) is 24.2 Å². The second-order valence-corrected chi connectivity index (χ2v) is 8.85. The molecule has 2 unspecified atom stereocenters. The molecule has 1 fully saturated rings. The van der Waals surface area contributed by atoms with Crippen molar-refractivity contribution in [2.75, 3.05) is 0 Å². The molecule has 0 spiro atoms. The van der Waals surface area contributed by atoms with Gasteiger partial charge in [0, 0.05) is 5.56 Å². The number of carbonyl (C=O) groups is 2. The van der Waals surface area contributed by atoms with Crippen molar-refractivity contribution in [1.29, 1.82) is 0 Å². The first-order chi connectivity index (χ1) is 15.3. The van der Waals surface area contributed by atoms with Gasteiger partial charge in [-0.05, 0) is 32.8 Å². The molecule has 2 aromatic carbocycles. The Kier molecular flexibility index (Phi) is 5.74. The number of ether oxygens (including phenoxy) is 2. The van der Waals surface area contributed by atoms with Crippen LogP contribution in [-0.4, -0.2) is 28.2 Å². The summed E-state index contributed by atoms with van der Waals surface area (Å²) >= 11 is 0. The second kappa shape index (κ2) is 8.49. The molecule has 2 atom stereocenters. The summed E-state index contributed by atoms with van der Waals surface area (Å²) < 4.78 is 16.6. The summed E-state index contributed by atoms with van der Waals surface area (Å²) in [7, 11) is 0. The molecule has 32 heavy (non-hydrogen) atoms. The van der Waals surface area contributed by atoms with Crippen molar-refractivity contribution >= 4 is 12.1 Å². The Morgan fingerprint density at radius 3 is 2.41 bits per heavy atom. The summed E-state index contributed by atoms with van der Waals surface area (Å²) in [4.78, 5) is 30.2. The number of rotatable bonds is 6. The van der Waals surface area contributed by atoms with Gasteiger partial charge in [-0.1, -0.05) is 60.7 Å². The van der Waals surface area contributed by atoms with Crippen LogP contribution in [-0.2, 0) is 20.9 Å². The van der Waals surface area contributed by atoms with E-state index in [0.29, 0.717) is 18.0 Å². The SMILES string of the molecule is CC(C)(C)OC(=O)NC1(C(=O)OCc2ccccc2)CC1c1nc(-c2ccccc2)co1.